The molecule has 0 saturated heterocycles. The zero-order valence-electron chi connectivity index (χ0n) is 11.1. The van der Waals surface area contributed by atoms with Gasteiger partial charge in [0.1, 0.15) is 11.9 Å². The summed E-state index contributed by atoms with van der Waals surface area (Å²) in [4.78, 5) is 0. The van der Waals surface area contributed by atoms with E-state index in [2.05, 4.69) is 48.8 Å². The van der Waals surface area contributed by atoms with Crippen LogP contribution in [0.25, 0.3) is 0 Å². The van der Waals surface area contributed by atoms with Gasteiger partial charge in [0.15, 0.2) is 0 Å². The van der Waals surface area contributed by atoms with Crippen molar-refractivity contribution in [3.05, 3.63) is 28.2 Å². The Kier molecular flexibility index (Phi) is 5.02. The third-order valence-corrected chi connectivity index (χ3v) is 3.88. The molecule has 0 aliphatic heterocycles. The minimum absolute atomic E-state index is 0.0383. The Morgan fingerprint density at radius 1 is 1.41 bits per heavy atom. The molecule has 1 aromatic carbocycles. The molecule has 0 saturated carbocycles. The summed E-state index contributed by atoms with van der Waals surface area (Å²) in [6.45, 7) is 9.19. The summed E-state index contributed by atoms with van der Waals surface area (Å²) in [5, 5.41) is 0. The van der Waals surface area contributed by atoms with Crippen molar-refractivity contribution in [2.75, 3.05) is 6.54 Å². The lowest BCUT2D eigenvalue weighted by molar-refractivity contribution is 0.228. The van der Waals surface area contributed by atoms with Gasteiger partial charge in [-0.3, -0.25) is 0 Å². The molecule has 0 aromatic heterocycles. The molecule has 1 rings (SSSR count). The Morgan fingerprint density at radius 2 is 2.06 bits per heavy atom. The summed E-state index contributed by atoms with van der Waals surface area (Å²) < 4.78 is 6.72. The van der Waals surface area contributed by atoms with Gasteiger partial charge in [-0.05, 0) is 52.4 Å². The standard InChI is InChI=1S/C14H22BrNO/c1-5-14(3,4)11-6-7-13(12(15)8-11)17-10(2)9-16/h6-8,10H,5,9,16H2,1-4H3. The van der Waals surface area contributed by atoms with Crippen LogP contribution in [0.4, 0.5) is 0 Å². The first-order valence-corrected chi connectivity index (χ1v) is 6.86. The Balaban J connectivity index is 2.94. The van der Waals surface area contributed by atoms with Gasteiger partial charge in [0.2, 0.25) is 0 Å². The lowest BCUT2D eigenvalue weighted by atomic mass is 9.82. The summed E-state index contributed by atoms with van der Waals surface area (Å²) in [5.74, 6) is 0.860. The average molecular weight is 300 g/mol. The molecular formula is C14H22BrNO. The quantitative estimate of drug-likeness (QED) is 0.896. The molecule has 0 bridgehead atoms. The lowest BCUT2D eigenvalue weighted by Crippen LogP contribution is -2.23. The summed E-state index contributed by atoms with van der Waals surface area (Å²) >= 11 is 3.56. The summed E-state index contributed by atoms with van der Waals surface area (Å²) in [7, 11) is 0. The van der Waals surface area contributed by atoms with Crippen LogP contribution in [0, 0.1) is 0 Å². The van der Waals surface area contributed by atoms with Crippen LogP contribution in [0.1, 0.15) is 39.7 Å². The molecule has 17 heavy (non-hydrogen) atoms. The van der Waals surface area contributed by atoms with Crippen molar-refractivity contribution in [3.8, 4) is 5.75 Å². The van der Waals surface area contributed by atoms with Crippen molar-refractivity contribution < 1.29 is 4.74 Å². The van der Waals surface area contributed by atoms with E-state index in [1.807, 2.05) is 13.0 Å². The zero-order chi connectivity index (χ0) is 13.1. The van der Waals surface area contributed by atoms with E-state index in [-0.39, 0.29) is 11.5 Å². The van der Waals surface area contributed by atoms with E-state index in [1.54, 1.807) is 0 Å². The first-order valence-electron chi connectivity index (χ1n) is 6.07. The van der Waals surface area contributed by atoms with Gasteiger partial charge in [-0.15, -0.1) is 0 Å². The van der Waals surface area contributed by atoms with Crippen LogP contribution in [-0.2, 0) is 5.41 Å². The number of hydrogen-bond donors (Lipinski definition) is 1. The monoisotopic (exact) mass is 299 g/mol. The third kappa shape index (κ3) is 3.71. The Labute approximate surface area is 113 Å². The fourth-order valence-corrected chi connectivity index (χ4v) is 1.96. The number of benzene rings is 1. The van der Waals surface area contributed by atoms with E-state index in [1.165, 1.54) is 5.56 Å². The van der Waals surface area contributed by atoms with Crippen molar-refractivity contribution in [3.63, 3.8) is 0 Å². The molecule has 96 valence electrons. The molecule has 1 unspecified atom stereocenters. The summed E-state index contributed by atoms with van der Waals surface area (Å²) in [6, 6.07) is 6.29. The SMILES string of the molecule is CCC(C)(C)c1ccc(OC(C)CN)c(Br)c1. The van der Waals surface area contributed by atoms with Crippen molar-refractivity contribution in [1.29, 1.82) is 0 Å². The van der Waals surface area contributed by atoms with Crippen LogP contribution in [0.3, 0.4) is 0 Å². The number of hydrogen-bond acceptors (Lipinski definition) is 2. The van der Waals surface area contributed by atoms with Crippen molar-refractivity contribution in [1.82, 2.24) is 0 Å². The Morgan fingerprint density at radius 3 is 2.53 bits per heavy atom. The maximum Gasteiger partial charge on any atom is 0.133 e. The predicted molar refractivity (Wildman–Crippen MR) is 76.6 cm³/mol. The number of nitrogens with two attached hydrogens (primary N) is 1. The van der Waals surface area contributed by atoms with E-state index >= 15 is 0 Å². The van der Waals surface area contributed by atoms with Gasteiger partial charge in [-0.2, -0.15) is 0 Å². The largest absolute Gasteiger partial charge is 0.488 e. The van der Waals surface area contributed by atoms with E-state index in [0.717, 1.165) is 16.6 Å². The Hall–Kier alpha value is -0.540. The van der Waals surface area contributed by atoms with Crippen molar-refractivity contribution >= 4 is 15.9 Å². The molecule has 0 fully saturated rings. The van der Waals surface area contributed by atoms with Crippen LogP contribution in [0.15, 0.2) is 22.7 Å². The van der Waals surface area contributed by atoms with Gasteiger partial charge in [0.25, 0.3) is 0 Å². The third-order valence-electron chi connectivity index (χ3n) is 3.26. The fourth-order valence-electron chi connectivity index (χ4n) is 1.49. The minimum Gasteiger partial charge on any atom is -0.488 e. The molecule has 0 heterocycles. The molecule has 2 N–H and O–H groups in total. The second-order valence-corrected chi connectivity index (χ2v) is 5.90. The maximum absolute atomic E-state index is 5.72. The van der Waals surface area contributed by atoms with Crippen molar-refractivity contribution in [2.24, 2.45) is 5.73 Å². The molecule has 3 heteroatoms. The fraction of sp³-hybridized carbons (Fsp3) is 0.571. The molecular weight excluding hydrogens is 278 g/mol. The van der Waals surface area contributed by atoms with Crippen LogP contribution in [0.5, 0.6) is 5.75 Å². The van der Waals surface area contributed by atoms with Crippen LogP contribution in [0.2, 0.25) is 0 Å². The van der Waals surface area contributed by atoms with Crippen LogP contribution in [-0.4, -0.2) is 12.6 Å². The highest BCUT2D eigenvalue weighted by Crippen LogP contribution is 2.33. The second-order valence-electron chi connectivity index (χ2n) is 5.05. The van der Waals surface area contributed by atoms with Gasteiger partial charge in [0.05, 0.1) is 4.47 Å². The van der Waals surface area contributed by atoms with Crippen LogP contribution < -0.4 is 10.5 Å². The van der Waals surface area contributed by atoms with Gasteiger partial charge in [-0.25, -0.2) is 0 Å². The molecule has 0 spiro atoms. The normalized spacial score (nSPS) is 13.5. The van der Waals surface area contributed by atoms with Gasteiger partial charge >= 0.3 is 0 Å². The molecule has 0 radical (unpaired) electrons. The molecule has 0 aliphatic rings. The minimum atomic E-state index is 0.0383. The summed E-state index contributed by atoms with van der Waals surface area (Å²) in [6.07, 6.45) is 1.15. The topological polar surface area (TPSA) is 35.2 Å². The maximum atomic E-state index is 5.72. The zero-order valence-corrected chi connectivity index (χ0v) is 12.7. The van der Waals surface area contributed by atoms with E-state index in [0.29, 0.717) is 6.54 Å². The number of halogens is 1. The molecule has 2 nitrogen and oxygen atoms in total. The van der Waals surface area contributed by atoms with Crippen LogP contribution >= 0.6 is 15.9 Å². The average Bonchev–Trinajstić information content (AvgIpc) is 2.31. The van der Waals surface area contributed by atoms with Gasteiger partial charge in [0, 0.05) is 6.54 Å². The molecule has 0 amide bonds. The molecule has 1 atom stereocenters. The predicted octanol–water partition coefficient (Wildman–Crippen LogP) is 3.86. The Bertz CT molecular complexity index is 376. The first-order chi connectivity index (χ1) is 7.90. The highest BCUT2D eigenvalue weighted by Gasteiger charge is 2.19. The highest BCUT2D eigenvalue weighted by atomic mass is 79.9. The smallest absolute Gasteiger partial charge is 0.133 e. The van der Waals surface area contributed by atoms with E-state index < -0.39 is 0 Å². The second kappa shape index (κ2) is 5.87. The lowest BCUT2D eigenvalue weighted by Gasteiger charge is -2.24. The van der Waals surface area contributed by atoms with E-state index in [4.69, 9.17) is 10.5 Å². The summed E-state index contributed by atoms with van der Waals surface area (Å²) in [5.41, 5.74) is 7.06. The molecule has 1 aromatic rings. The number of rotatable bonds is 5. The van der Waals surface area contributed by atoms with Gasteiger partial charge < -0.3 is 10.5 Å². The molecule has 0 aliphatic carbocycles. The number of ether oxygens (including phenoxy) is 1. The first kappa shape index (κ1) is 14.5. The van der Waals surface area contributed by atoms with E-state index in [9.17, 15) is 0 Å². The highest BCUT2D eigenvalue weighted by molar-refractivity contribution is 9.10. The van der Waals surface area contributed by atoms with Gasteiger partial charge in [-0.1, -0.05) is 26.8 Å². The van der Waals surface area contributed by atoms with Crippen molar-refractivity contribution in [2.45, 2.75) is 45.6 Å².